The third-order valence-electron chi connectivity index (χ3n) is 16.3. The maximum absolute atomic E-state index is 13.0. The molecule has 0 fully saturated rings. The largest absolute Gasteiger partial charge is 0.472 e. The van der Waals surface area contributed by atoms with Crippen molar-refractivity contribution in [3.8, 4) is 0 Å². The Morgan fingerprint density at radius 3 is 0.822 bits per heavy atom. The second-order valence-corrected chi connectivity index (χ2v) is 29.4. The summed E-state index contributed by atoms with van der Waals surface area (Å²) in [6, 6.07) is 0. The molecule has 0 bridgehead atoms. The van der Waals surface area contributed by atoms with Crippen molar-refractivity contribution in [2.24, 2.45) is 0 Å². The monoisotopic (exact) mass is 1530 g/mol. The topological polar surface area (TPSA) is 231 Å². The molecule has 18 heteroatoms. The highest BCUT2D eigenvalue weighted by Gasteiger charge is 2.29. The number of hydrogen-bond donors (Lipinski definition) is 4. The maximum atomic E-state index is 13.0. The Bertz CT molecular complexity index is 2720. The molecule has 0 aliphatic rings. The SMILES string of the molecule is CC/C=C\C/C=C\C/C=C\C/C=C\C/C=C\C/C=C\CCCCCCC(=O)OCC(COP(=O)(O)OCC(O)COP(=O)(O)OCC(O)COC(=O)CCCCCCCCCCCCCCC/C=C\C/C=C\C/C=C\C/C=C\CCCCC)OC(=O)CC/C=C\C/C=C\C/C=C\C/C=C\C/C=C\C/C=C\CC. The number of esters is 3. The first kappa shape index (κ1) is 101. The zero-order chi connectivity index (χ0) is 78.0. The molecule has 4 N–H and O–H groups in total. The van der Waals surface area contributed by atoms with Crippen molar-refractivity contribution in [1.29, 1.82) is 0 Å². The number of aliphatic hydroxyl groups is 2. The predicted octanol–water partition coefficient (Wildman–Crippen LogP) is 24.3. The second-order valence-electron chi connectivity index (χ2n) is 26.5. The van der Waals surface area contributed by atoms with Crippen LogP contribution in [0.15, 0.2) is 194 Å². The molecule has 0 aliphatic carbocycles. The Hall–Kier alpha value is -5.61. The van der Waals surface area contributed by atoms with Crippen LogP contribution in [0.3, 0.4) is 0 Å². The molecule has 0 aromatic carbocycles. The van der Waals surface area contributed by atoms with Gasteiger partial charge in [0.15, 0.2) is 6.10 Å². The van der Waals surface area contributed by atoms with Crippen LogP contribution in [-0.2, 0) is 55.8 Å². The van der Waals surface area contributed by atoms with E-state index in [-0.39, 0.29) is 19.3 Å². The molecular weight excluding hydrogens is 1390 g/mol. The van der Waals surface area contributed by atoms with E-state index in [1.54, 1.807) is 0 Å². The number of rotatable bonds is 75. The molecule has 0 saturated carbocycles. The van der Waals surface area contributed by atoms with Gasteiger partial charge in [-0.1, -0.05) is 312 Å². The van der Waals surface area contributed by atoms with E-state index < -0.39 is 91.5 Å². The third kappa shape index (κ3) is 81.2. The van der Waals surface area contributed by atoms with Gasteiger partial charge in [-0.25, -0.2) is 9.13 Å². The van der Waals surface area contributed by atoms with Gasteiger partial charge in [-0.3, -0.25) is 32.5 Å². The molecule has 0 aliphatic heterocycles. The van der Waals surface area contributed by atoms with Crippen LogP contribution in [0.1, 0.15) is 290 Å². The van der Waals surface area contributed by atoms with Crippen molar-refractivity contribution in [2.75, 3.05) is 39.6 Å². The number of hydrogen-bond acceptors (Lipinski definition) is 14. The first-order valence-corrected chi connectivity index (χ1v) is 43.7. The Morgan fingerprint density at radius 2 is 0.514 bits per heavy atom. The molecule has 0 saturated heterocycles. The van der Waals surface area contributed by atoms with Crippen LogP contribution in [0.2, 0.25) is 0 Å². The number of carbonyl (C=O) groups excluding carboxylic acids is 3. The zero-order valence-electron chi connectivity index (χ0n) is 66.2. The lowest BCUT2D eigenvalue weighted by atomic mass is 10.0. The molecule has 0 aromatic rings. The number of aliphatic hydroxyl groups excluding tert-OH is 2. The fourth-order valence-electron chi connectivity index (χ4n) is 10.2. The summed E-state index contributed by atoms with van der Waals surface area (Å²) in [5, 5.41) is 20.7. The summed E-state index contributed by atoms with van der Waals surface area (Å²) in [5.74, 6) is -1.72. The Balaban J connectivity index is 4.69. The molecule has 0 spiro atoms. The van der Waals surface area contributed by atoms with Gasteiger partial charge in [0.25, 0.3) is 0 Å². The van der Waals surface area contributed by atoms with Crippen LogP contribution < -0.4 is 0 Å². The first-order chi connectivity index (χ1) is 52.2. The number of ether oxygens (including phenoxy) is 3. The van der Waals surface area contributed by atoms with Crippen LogP contribution in [0, 0.1) is 0 Å². The van der Waals surface area contributed by atoms with Crippen molar-refractivity contribution in [3.63, 3.8) is 0 Å². The number of allylic oxidation sites excluding steroid dienone is 32. The zero-order valence-corrected chi connectivity index (χ0v) is 68.0. The van der Waals surface area contributed by atoms with E-state index in [4.69, 9.17) is 32.3 Å². The minimum Gasteiger partial charge on any atom is -0.463 e. The highest BCUT2D eigenvalue weighted by atomic mass is 31.2. The van der Waals surface area contributed by atoms with Gasteiger partial charge in [0.05, 0.1) is 26.4 Å². The van der Waals surface area contributed by atoms with Crippen molar-refractivity contribution < 1.29 is 75.8 Å². The van der Waals surface area contributed by atoms with Crippen molar-refractivity contribution in [2.45, 2.75) is 309 Å². The molecular formula is C89H144O16P2. The van der Waals surface area contributed by atoms with E-state index in [0.717, 1.165) is 141 Å². The maximum Gasteiger partial charge on any atom is 0.472 e. The molecule has 16 nitrogen and oxygen atoms in total. The fraction of sp³-hybridized carbons (Fsp3) is 0.607. The van der Waals surface area contributed by atoms with Gasteiger partial charge in [0.1, 0.15) is 25.4 Å². The van der Waals surface area contributed by atoms with Gasteiger partial charge in [-0.15, -0.1) is 0 Å². The van der Waals surface area contributed by atoms with Gasteiger partial charge in [0.2, 0.25) is 0 Å². The standard InChI is InChI=1S/C89H144O16P2/c1-4-7-10-13-16-19-22-25-28-31-34-36-38-39-40-41-42-43-45-47-49-51-54-57-60-63-66-69-72-75-87(92)99-78-84(90)79-101-106(95,96)102-80-85(91)81-103-107(97,98)104-83-86(105-89(94)77-74-71-68-65-62-59-56-53-48-33-30-27-24-21-18-15-12-9-6-3)82-100-88(93)76-73-70-67-64-61-58-55-52-50-46-44-37-35-32-29-26-23-20-17-14-11-8-5-2/h8-9,11-12,16-21,25-30,34-37,39-40,46,48,50,53,55,58-59,62,68,71,84-86,90-91H,4-7,10,13-15,22-24,31-33,38,41-45,47,49,51-52,54,56-57,60-61,63-67,69-70,72-83H2,1-3H3,(H,95,96)(H,97,98)/b11-8-,12-9-,19-16-,20-17-,21-18-,28-25-,29-26-,30-27-,36-34-,37-35-,40-39-,50-46-,53-48-,58-55-,62-59-,71-68-. The van der Waals surface area contributed by atoms with E-state index >= 15 is 0 Å². The number of carbonyl (C=O) groups is 3. The highest BCUT2D eigenvalue weighted by Crippen LogP contribution is 2.45. The summed E-state index contributed by atoms with van der Waals surface area (Å²) < 4.78 is 61.1. The lowest BCUT2D eigenvalue weighted by Gasteiger charge is -2.21. The van der Waals surface area contributed by atoms with Crippen LogP contribution in [0.4, 0.5) is 0 Å². The second kappa shape index (κ2) is 79.9. The Kier molecular flexibility index (Phi) is 75.7. The summed E-state index contributed by atoms with van der Waals surface area (Å²) in [4.78, 5) is 58.7. The molecule has 0 amide bonds. The molecule has 107 heavy (non-hydrogen) atoms. The van der Waals surface area contributed by atoms with Gasteiger partial charge in [-0.2, -0.15) is 0 Å². The van der Waals surface area contributed by atoms with Crippen LogP contribution >= 0.6 is 15.6 Å². The number of phosphoric acid groups is 2. The van der Waals surface area contributed by atoms with Gasteiger partial charge >= 0.3 is 33.6 Å². The molecule has 606 valence electrons. The van der Waals surface area contributed by atoms with Crippen molar-refractivity contribution >= 4 is 33.6 Å². The molecule has 5 atom stereocenters. The third-order valence-corrected chi connectivity index (χ3v) is 18.2. The average Bonchev–Trinajstić information content (AvgIpc) is 0.918. The molecule has 5 unspecified atom stereocenters. The molecule has 0 aromatic heterocycles. The lowest BCUT2D eigenvalue weighted by molar-refractivity contribution is -0.161. The summed E-state index contributed by atoms with van der Waals surface area (Å²) in [6.07, 6.45) is 105. The fourth-order valence-corrected chi connectivity index (χ4v) is 11.8. The normalized spacial score (nSPS) is 14.9. The quantitative estimate of drug-likeness (QED) is 0.0146. The van der Waals surface area contributed by atoms with E-state index in [9.17, 15) is 43.5 Å². The molecule has 0 rings (SSSR count). The summed E-state index contributed by atoms with van der Waals surface area (Å²) in [5.41, 5.74) is 0. The van der Waals surface area contributed by atoms with E-state index in [2.05, 4.69) is 197 Å². The Morgan fingerprint density at radius 1 is 0.271 bits per heavy atom. The number of phosphoric ester groups is 2. The van der Waals surface area contributed by atoms with Crippen LogP contribution in [0.5, 0.6) is 0 Å². The lowest BCUT2D eigenvalue weighted by Crippen LogP contribution is -2.29. The molecule has 0 radical (unpaired) electrons. The smallest absolute Gasteiger partial charge is 0.463 e. The average molecular weight is 1530 g/mol. The van der Waals surface area contributed by atoms with E-state index in [1.807, 2.05) is 18.2 Å². The van der Waals surface area contributed by atoms with E-state index in [1.165, 1.54) is 83.5 Å². The predicted molar refractivity (Wildman–Crippen MR) is 444 cm³/mol. The summed E-state index contributed by atoms with van der Waals surface area (Å²) >= 11 is 0. The Labute approximate surface area is 648 Å². The summed E-state index contributed by atoms with van der Waals surface area (Å²) in [7, 11) is -9.84. The van der Waals surface area contributed by atoms with E-state index in [0.29, 0.717) is 25.7 Å². The first-order valence-electron chi connectivity index (χ1n) is 40.7. The minimum absolute atomic E-state index is 0.0350. The number of unbranched alkanes of at least 4 members (excludes halogenated alkanes) is 20. The van der Waals surface area contributed by atoms with Gasteiger partial charge in [0, 0.05) is 19.3 Å². The molecule has 0 heterocycles. The van der Waals surface area contributed by atoms with Gasteiger partial charge < -0.3 is 34.2 Å². The summed E-state index contributed by atoms with van der Waals surface area (Å²) in [6.45, 7) is 2.29. The van der Waals surface area contributed by atoms with Crippen molar-refractivity contribution in [1.82, 2.24) is 0 Å². The van der Waals surface area contributed by atoms with Gasteiger partial charge in [-0.05, 0) is 154 Å². The minimum atomic E-state index is -4.97. The van der Waals surface area contributed by atoms with Crippen molar-refractivity contribution in [3.05, 3.63) is 194 Å². The van der Waals surface area contributed by atoms with Crippen LogP contribution in [0.25, 0.3) is 0 Å². The van der Waals surface area contributed by atoms with Crippen LogP contribution in [-0.4, -0.2) is 95.9 Å². The highest BCUT2D eigenvalue weighted by molar-refractivity contribution is 7.47.